The molecule has 0 bridgehead atoms. The number of aromatic nitrogens is 2. The van der Waals surface area contributed by atoms with Crippen LogP contribution in [0, 0.1) is 5.92 Å². The zero-order valence-electron chi connectivity index (χ0n) is 17.6. The first-order chi connectivity index (χ1) is 15.2. The number of nitrogens with one attached hydrogen (secondary N) is 2. The fourth-order valence-electron chi connectivity index (χ4n) is 4.02. The SMILES string of the molecule is CSc1ncc(Cl)c(C(=O)Nc2sc3c(c2C(=O)NC2CCS(=O)(=O)C2)CCC(C)C3)n1. The van der Waals surface area contributed by atoms with Gasteiger partial charge in [-0.25, -0.2) is 18.4 Å². The second-order valence-electron chi connectivity index (χ2n) is 8.14. The minimum atomic E-state index is -3.12. The van der Waals surface area contributed by atoms with Crippen LogP contribution in [0.1, 0.15) is 51.1 Å². The third-order valence-corrected chi connectivity index (χ3v) is 9.43. The van der Waals surface area contributed by atoms with Crippen LogP contribution in [0.5, 0.6) is 0 Å². The van der Waals surface area contributed by atoms with Gasteiger partial charge in [0.1, 0.15) is 5.00 Å². The summed E-state index contributed by atoms with van der Waals surface area (Å²) in [6.45, 7) is 2.16. The molecule has 0 spiro atoms. The van der Waals surface area contributed by atoms with Crippen LogP contribution < -0.4 is 10.6 Å². The molecule has 2 N–H and O–H groups in total. The monoisotopic (exact) mass is 514 g/mol. The van der Waals surface area contributed by atoms with E-state index in [-0.39, 0.29) is 28.1 Å². The number of hydrogen-bond donors (Lipinski definition) is 2. The lowest BCUT2D eigenvalue weighted by molar-refractivity contribution is 0.0941. The Morgan fingerprint density at radius 3 is 2.75 bits per heavy atom. The Morgan fingerprint density at radius 2 is 2.06 bits per heavy atom. The first-order valence-electron chi connectivity index (χ1n) is 10.2. The number of sulfone groups is 1. The van der Waals surface area contributed by atoms with Gasteiger partial charge in [-0.2, -0.15) is 0 Å². The molecule has 172 valence electrons. The number of thiophene rings is 1. The van der Waals surface area contributed by atoms with Gasteiger partial charge in [0, 0.05) is 10.9 Å². The highest BCUT2D eigenvalue weighted by atomic mass is 35.5. The second kappa shape index (κ2) is 9.28. The third-order valence-electron chi connectivity index (χ3n) is 5.65. The standard InChI is InChI=1S/C20H23ClN4O4S3/c1-10-3-4-12-14(7-10)31-19(15(12)17(26)23-11-5-6-32(28,29)9-11)25-18(27)16-13(21)8-22-20(24-16)30-2/h8,10-11H,3-7,9H2,1-2H3,(H,23,26)(H,25,27). The van der Waals surface area contributed by atoms with Crippen LogP contribution in [0.4, 0.5) is 5.00 Å². The molecule has 2 atom stereocenters. The lowest BCUT2D eigenvalue weighted by atomic mass is 9.88. The van der Waals surface area contributed by atoms with Gasteiger partial charge in [-0.05, 0) is 43.4 Å². The Kier molecular flexibility index (Phi) is 6.81. The van der Waals surface area contributed by atoms with Gasteiger partial charge in [0.25, 0.3) is 11.8 Å². The normalized spacial score (nSPS) is 21.7. The maximum atomic E-state index is 13.2. The molecule has 1 aliphatic carbocycles. The number of amides is 2. The van der Waals surface area contributed by atoms with Crippen molar-refractivity contribution >= 4 is 61.4 Å². The minimum absolute atomic E-state index is 0.0407. The lowest BCUT2D eigenvalue weighted by Crippen LogP contribution is -2.36. The van der Waals surface area contributed by atoms with Gasteiger partial charge < -0.3 is 10.6 Å². The highest BCUT2D eigenvalue weighted by molar-refractivity contribution is 7.98. The number of rotatable bonds is 5. The summed E-state index contributed by atoms with van der Waals surface area (Å²) in [5.74, 6) is -0.367. The Hall–Kier alpha value is -1.69. The minimum Gasteiger partial charge on any atom is -0.348 e. The average molecular weight is 515 g/mol. The van der Waals surface area contributed by atoms with E-state index >= 15 is 0 Å². The Labute approximate surface area is 199 Å². The summed E-state index contributed by atoms with van der Waals surface area (Å²) < 4.78 is 23.6. The van der Waals surface area contributed by atoms with Crippen LogP contribution in [0.3, 0.4) is 0 Å². The predicted octanol–water partition coefficient (Wildman–Crippen LogP) is 3.21. The summed E-state index contributed by atoms with van der Waals surface area (Å²) in [5.41, 5.74) is 1.39. The van der Waals surface area contributed by atoms with Crippen molar-refractivity contribution in [1.29, 1.82) is 0 Å². The molecule has 2 aliphatic rings. The maximum Gasteiger partial charge on any atom is 0.276 e. The number of hydrogen-bond acceptors (Lipinski definition) is 8. The molecule has 2 amide bonds. The average Bonchev–Trinajstić information content (AvgIpc) is 3.26. The lowest BCUT2D eigenvalue weighted by Gasteiger charge is -2.19. The number of halogens is 1. The van der Waals surface area contributed by atoms with E-state index in [9.17, 15) is 18.0 Å². The zero-order chi connectivity index (χ0) is 23.0. The third kappa shape index (κ3) is 4.95. The number of carbonyl (C=O) groups excluding carboxylic acids is 2. The molecule has 12 heteroatoms. The van der Waals surface area contributed by atoms with Gasteiger partial charge in [0.05, 0.1) is 28.3 Å². The van der Waals surface area contributed by atoms with Crippen LogP contribution in [-0.2, 0) is 22.7 Å². The number of fused-ring (bicyclic) bond motifs is 1. The van der Waals surface area contributed by atoms with Crippen molar-refractivity contribution in [3.63, 3.8) is 0 Å². The number of carbonyl (C=O) groups is 2. The molecule has 2 unspecified atom stereocenters. The molecule has 0 aromatic carbocycles. The highest BCUT2D eigenvalue weighted by Gasteiger charge is 2.33. The van der Waals surface area contributed by atoms with Gasteiger partial charge >= 0.3 is 0 Å². The molecule has 2 aromatic rings. The van der Waals surface area contributed by atoms with Crippen molar-refractivity contribution in [1.82, 2.24) is 15.3 Å². The first-order valence-corrected chi connectivity index (χ1v) is 14.4. The summed E-state index contributed by atoms with van der Waals surface area (Å²) in [5, 5.41) is 6.67. The van der Waals surface area contributed by atoms with Crippen LogP contribution in [0.15, 0.2) is 11.4 Å². The molecule has 8 nitrogen and oxygen atoms in total. The van der Waals surface area contributed by atoms with E-state index in [1.165, 1.54) is 29.3 Å². The van der Waals surface area contributed by atoms with Crippen LogP contribution >= 0.6 is 34.7 Å². The summed E-state index contributed by atoms with van der Waals surface area (Å²) in [7, 11) is -3.12. The number of anilines is 1. The molecule has 1 fully saturated rings. The van der Waals surface area contributed by atoms with E-state index < -0.39 is 21.8 Å². The highest BCUT2D eigenvalue weighted by Crippen LogP contribution is 2.40. The first kappa shape index (κ1) is 23.5. The van der Waals surface area contributed by atoms with Crippen LogP contribution in [0.2, 0.25) is 5.02 Å². The van der Waals surface area contributed by atoms with E-state index in [1.54, 1.807) is 6.26 Å². The molecule has 0 saturated carbocycles. The topological polar surface area (TPSA) is 118 Å². The molecule has 0 radical (unpaired) electrons. The largest absolute Gasteiger partial charge is 0.348 e. The van der Waals surface area contributed by atoms with Crippen LogP contribution in [-0.4, -0.2) is 54.0 Å². The second-order valence-corrected chi connectivity index (χ2v) is 12.7. The summed E-state index contributed by atoms with van der Waals surface area (Å²) in [4.78, 5) is 35.5. The molecular formula is C20H23ClN4O4S3. The predicted molar refractivity (Wildman–Crippen MR) is 127 cm³/mol. The van der Waals surface area contributed by atoms with Gasteiger partial charge in [-0.3, -0.25) is 9.59 Å². The van der Waals surface area contributed by atoms with Gasteiger partial charge in [-0.15, -0.1) is 11.3 Å². The van der Waals surface area contributed by atoms with E-state index in [4.69, 9.17) is 11.6 Å². The fourth-order valence-corrected chi connectivity index (χ4v) is 7.61. The van der Waals surface area contributed by atoms with Crippen molar-refractivity contribution in [3.8, 4) is 0 Å². The Balaban J connectivity index is 1.64. The molecule has 3 heterocycles. The Morgan fingerprint density at radius 1 is 1.28 bits per heavy atom. The van der Waals surface area contributed by atoms with Crippen molar-refractivity contribution in [2.45, 2.75) is 43.8 Å². The van der Waals surface area contributed by atoms with E-state index in [0.29, 0.717) is 28.1 Å². The summed E-state index contributed by atoms with van der Waals surface area (Å²) >= 11 is 8.83. The van der Waals surface area contributed by atoms with Gasteiger partial charge in [-0.1, -0.05) is 30.3 Å². The molecule has 1 aliphatic heterocycles. The molecule has 1 saturated heterocycles. The number of thioether (sulfide) groups is 1. The maximum absolute atomic E-state index is 13.2. The summed E-state index contributed by atoms with van der Waals surface area (Å²) in [6, 6.07) is -0.422. The molecule has 2 aromatic heterocycles. The fraction of sp³-hybridized carbons (Fsp3) is 0.500. The van der Waals surface area contributed by atoms with Crippen LogP contribution in [0.25, 0.3) is 0 Å². The molecule has 4 rings (SSSR count). The Bertz CT molecular complexity index is 1180. The summed E-state index contributed by atoms with van der Waals surface area (Å²) in [6.07, 6.45) is 6.09. The van der Waals surface area contributed by atoms with Crippen molar-refractivity contribution in [2.24, 2.45) is 5.92 Å². The smallest absolute Gasteiger partial charge is 0.276 e. The zero-order valence-corrected chi connectivity index (χ0v) is 20.8. The van der Waals surface area contributed by atoms with E-state index in [0.717, 1.165) is 29.7 Å². The van der Waals surface area contributed by atoms with E-state index in [2.05, 4.69) is 27.5 Å². The van der Waals surface area contributed by atoms with Gasteiger partial charge in [0.2, 0.25) is 0 Å². The molecular weight excluding hydrogens is 492 g/mol. The van der Waals surface area contributed by atoms with Gasteiger partial charge in [0.15, 0.2) is 20.7 Å². The van der Waals surface area contributed by atoms with Crippen molar-refractivity contribution < 1.29 is 18.0 Å². The van der Waals surface area contributed by atoms with Crippen molar-refractivity contribution in [2.75, 3.05) is 23.1 Å². The van der Waals surface area contributed by atoms with E-state index in [1.807, 2.05) is 0 Å². The van der Waals surface area contributed by atoms with Crippen molar-refractivity contribution in [3.05, 3.63) is 32.9 Å². The molecule has 32 heavy (non-hydrogen) atoms. The number of nitrogens with zero attached hydrogens (tertiary/aromatic N) is 2. The quantitative estimate of drug-likeness (QED) is 0.464.